The summed E-state index contributed by atoms with van der Waals surface area (Å²) < 4.78 is 18.2. The number of hydrogen-bond donors (Lipinski definition) is 2. The molecule has 0 atom stereocenters. The van der Waals surface area contributed by atoms with Crippen LogP contribution in [0.1, 0.15) is 23.6 Å². The van der Waals surface area contributed by atoms with E-state index in [4.69, 9.17) is 19.2 Å². The zero-order valence-corrected chi connectivity index (χ0v) is 19.1. The summed E-state index contributed by atoms with van der Waals surface area (Å²) in [5, 5.41) is 11.1. The average molecular weight is 438 g/mol. The molecule has 1 heterocycles. The van der Waals surface area contributed by atoms with Gasteiger partial charge in [-0.3, -0.25) is 4.68 Å². The van der Waals surface area contributed by atoms with E-state index in [9.17, 15) is 0 Å². The van der Waals surface area contributed by atoms with Crippen LogP contribution in [0.25, 0.3) is 0 Å². The van der Waals surface area contributed by atoms with Gasteiger partial charge in [0.25, 0.3) is 0 Å². The Morgan fingerprint density at radius 1 is 0.938 bits per heavy atom. The number of ether oxygens (including phenoxy) is 3. The van der Waals surface area contributed by atoms with Gasteiger partial charge in [-0.25, -0.2) is 4.99 Å². The average Bonchev–Trinajstić information content (AvgIpc) is 3.27. The van der Waals surface area contributed by atoms with E-state index in [2.05, 4.69) is 27.9 Å². The van der Waals surface area contributed by atoms with Gasteiger partial charge in [0, 0.05) is 24.8 Å². The van der Waals surface area contributed by atoms with Crippen LogP contribution >= 0.6 is 0 Å². The smallest absolute Gasteiger partial charge is 0.203 e. The molecule has 3 aromatic rings. The van der Waals surface area contributed by atoms with Crippen molar-refractivity contribution < 1.29 is 14.2 Å². The highest BCUT2D eigenvalue weighted by atomic mass is 16.5. The van der Waals surface area contributed by atoms with Crippen LogP contribution in [0.5, 0.6) is 17.2 Å². The van der Waals surface area contributed by atoms with Crippen molar-refractivity contribution >= 4 is 5.96 Å². The molecule has 0 aliphatic rings. The summed E-state index contributed by atoms with van der Waals surface area (Å²) in [6.45, 7) is 4.61. The van der Waals surface area contributed by atoms with Crippen molar-refractivity contribution in [3.05, 3.63) is 71.5 Å². The van der Waals surface area contributed by atoms with Gasteiger partial charge in [0.1, 0.15) is 0 Å². The van der Waals surface area contributed by atoms with E-state index >= 15 is 0 Å². The summed E-state index contributed by atoms with van der Waals surface area (Å²) in [6, 6.07) is 14.1. The lowest BCUT2D eigenvalue weighted by Gasteiger charge is -2.15. The number of guanidine groups is 1. The van der Waals surface area contributed by atoms with Gasteiger partial charge in [-0.15, -0.1) is 0 Å². The molecule has 0 amide bonds. The lowest BCUT2D eigenvalue weighted by molar-refractivity contribution is 0.323. The molecule has 170 valence electrons. The van der Waals surface area contributed by atoms with Crippen molar-refractivity contribution in [2.45, 2.75) is 26.6 Å². The number of benzene rings is 2. The third-order valence-electron chi connectivity index (χ3n) is 4.82. The molecule has 0 saturated heterocycles. The summed E-state index contributed by atoms with van der Waals surface area (Å²) in [6.07, 6.45) is 3.88. The molecule has 2 N–H and O–H groups in total. The molecule has 1 aromatic heterocycles. The van der Waals surface area contributed by atoms with Gasteiger partial charge in [-0.1, -0.05) is 30.3 Å². The SMILES string of the molecule is CCNC(=NCc1cnn(Cc2ccccc2)c1)NCc1cc(OC)c(OC)c(OC)c1. The summed E-state index contributed by atoms with van der Waals surface area (Å²) in [4.78, 5) is 4.69. The Balaban J connectivity index is 1.64. The minimum atomic E-state index is 0.527. The molecule has 0 spiro atoms. The van der Waals surface area contributed by atoms with E-state index < -0.39 is 0 Å². The van der Waals surface area contributed by atoms with Crippen LogP contribution in [-0.4, -0.2) is 43.6 Å². The number of rotatable bonds is 10. The van der Waals surface area contributed by atoms with E-state index in [0.29, 0.717) is 30.3 Å². The third-order valence-corrected chi connectivity index (χ3v) is 4.82. The fraction of sp³-hybridized carbons (Fsp3) is 0.333. The van der Waals surface area contributed by atoms with Crippen molar-refractivity contribution in [3.8, 4) is 17.2 Å². The number of nitrogens with zero attached hydrogens (tertiary/aromatic N) is 3. The predicted molar refractivity (Wildman–Crippen MR) is 126 cm³/mol. The van der Waals surface area contributed by atoms with Crippen LogP contribution in [-0.2, 0) is 19.6 Å². The summed E-state index contributed by atoms with van der Waals surface area (Å²) in [5.74, 6) is 2.54. The minimum Gasteiger partial charge on any atom is -0.493 e. The van der Waals surface area contributed by atoms with Gasteiger partial charge < -0.3 is 24.8 Å². The van der Waals surface area contributed by atoms with Crippen LogP contribution in [0.3, 0.4) is 0 Å². The van der Waals surface area contributed by atoms with Crippen molar-refractivity contribution in [2.24, 2.45) is 4.99 Å². The van der Waals surface area contributed by atoms with E-state index in [1.54, 1.807) is 21.3 Å². The molecular formula is C24H31N5O3. The van der Waals surface area contributed by atoms with E-state index in [-0.39, 0.29) is 0 Å². The zero-order chi connectivity index (χ0) is 22.8. The van der Waals surface area contributed by atoms with Gasteiger partial charge >= 0.3 is 0 Å². The Kier molecular flexibility index (Phi) is 8.36. The lowest BCUT2D eigenvalue weighted by Crippen LogP contribution is -2.36. The van der Waals surface area contributed by atoms with Crippen molar-refractivity contribution in [1.82, 2.24) is 20.4 Å². The maximum atomic E-state index is 5.44. The summed E-state index contributed by atoms with van der Waals surface area (Å²) in [7, 11) is 4.81. The largest absolute Gasteiger partial charge is 0.493 e. The predicted octanol–water partition coefficient (Wildman–Crippen LogP) is 3.21. The van der Waals surface area contributed by atoms with Crippen LogP contribution in [0, 0.1) is 0 Å². The maximum absolute atomic E-state index is 5.44. The number of nitrogens with one attached hydrogen (secondary N) is 2. The van der Waals surface area contributed by atoms with Crippen molar-refractivity contribution in [1.29, 1.82) is 0 Å². The minimum absolute atomic E-state index is 0.527. The normalized spacial score (nSPS) is 11.2. The van der Waals surface area contributed by atoms with Crippen LogP contribution in [0.15, 0.2) is 59.9 Å². The first-order chi connectivity index (χ1) is 15.7. The molecule has 0 bridgehead atoms. The molecule has 0 radical (unpaired) electrons. The fourth-order valence-electron chi connectivity index (χ4n) is 3.28. The Morgan fingerprint density at radius 2 is 1.66 bits per heavy atom. The lowest BCUT2D eigenvalue weighted by atomic mass is 10.2. The first kappa shape index (κ1) is 23.0. The van der Waals surface area contributed by atoms with E-state index in [1.165, 1.54) is 5.56 Å². The van der Waals surface area contributed by atoms with Crippen molar-refractivity contribution in [2.75, 3.05) is 27.9 Å². The number of aliphatic imine (C=N–C) groups is 1. The van der Waals surface area contributed by atoms with E-state index in [0.717, 1.165) is 30.2 Å². The molecule has 0 fully saturated rings. The number of methoxy groups -OCH3 is 3. The highest BCUT2D eigenvalue weighted by molar-refractivity contribution is 5.79. The summed E-state index contributed by atoms with van der Waals surface area (Å²) >= 11 is 0. The second kappa shape index (κ2) is 11.6. The topological polar surface area (TPSA) is 81.9 Å². The Hall–Kier alpha value is -3.68. The monoisotopic (exact) mass is 437 g/mol. The molecule has 0 saturated carbocycles. The molecule has 0 unspecified atom stereocenters. The van der Waals surface area contributed by atoms with Gasteiger partial charge in [0.05, 0.1) is 40.6 Å². The second-order valence-corrected chi connectivity index (χ2v) is 7.11. The number of aromatic nitrogens is 2. The molecule has 32 heavy (non-hydrogen) atoms. The first-order valence-electron chi connectivity index (χ1n) is 10.5. The quantitative estimate of drug-likeness (QED) is 0.374. The van der Waals surface area contributed by atoms with Crippen LogP contribution in [0.4, 0.5) is 0 Å². The van der Waals surface area contributed by atoms with E-state index in [1.807, 2.05) is 54.3 Å². The molecule has 3 rings (SSSR count). The molecular weight excluding hydrogens is 406 g/mol. The van der Waals surface area contributed by atoms with Crippen LogP contribution in [0.2, 0.25) is 0 Å². The molecule has 0 aliphatic carbocycles. The third kappa shape index (κ3) is 6.16. The molecule has 2 aromatic carbocycles. The maximum Gasteiger partial charge on any atom is 0.203 e. The van der Waals surface area contributed by atoms with Gasteiger partial charge in [-0.05, 0) is 30.2 Å². The standard InChI is InChI=1S/C24H31N5O3/c1-5-25-24(26-13-19-11-21(30-2)23(32-4)22(12-19)31-3)27-14-20-15-28-29(17-20)16-18-9-7-6-8-10-18/h6-12,15,17H,5,13-14,16H2,1-4H3,(H2,25,26,27). The Morgan fingerprint density at radius 3 is 2.28 bits per heavy atom. The van der Waals surface area contributed by atoms with Crippen LogP contribution < -0.4 is 24.8 Å². The molecule has 8 nitrogen and oxygen atoms in total. The molecule has 8 heteroatoms. The molecule has 0 aliphatic heterocycles. The Bertz CT molecular complexity index is 992. The van der Waals surface area contributed by atoms with Gasteiger partial charge in [0.2, 0.25) is 5.75 Å². The summed E-state index contributed by atoms with van der Waals surface area (Å²) in [5.41, 5.74) is 3.25. The Labute approximate surface area is 189 Å². The van der Waals surface area contributed by atoms with Gasteiger partial charge in [0.15, 0.2) is 17.5 Å². The number of hydrogen-bond acceptors (Lipinski definition) is 5. The highest BCUT2D eigenvalue weighted by Crippen LogP contribution is 2.38. The first-order valence-corrected chi connectivity index (χ1v) is 10.5. The second-order valence-electron chi connectivity index (χ2n) is 7.11. The fourth-order valence-corrected chi connectivity index (χ4v) is 3.28. The zero-order valence-electron chi connectivity index (χ0n) is 19.1. The highest BCUT2D eigenvalue weighted by Gasteiger charge is 2.13. The van der Waals surface area contributed by atoms with Crippen molar-refractivity contribution in [3.63, 3.8) is 0 Å². The van der Waals surface area contributed by atoms with Gasteiger partial charge in [-0.2, -0.15) is 5.10 Å².